The molecule has 0 radical (unpaired) electrons. The molecule has 1 atom stereocenters. The number of thioether (sulfide) groups is 1. The minimum atomic E-state index is -0.688. The topological polar surface area (TPSA) is 111 Å². The lowest BCUT2D eigenvalue weighted by Crippen LogP contribution is -2.30. The fourth-order valence-corrected chi connectivity index (χ4v) is 7.34. The lowest BCUT2D eigenvalue weighted by Gasteiger charge is -2.17. The second-order valence-corrected chi connectivity index (χ2v) is 13.6. The predicted octanol–water partition coefficient (Wildman–Crippen LogP) is 9.82. The van der Waals surface area contributed by atoms with E-state index in [0.717, 1.165) is 16.7 Å². The molecule has 5 aromatic carbocycles. The molecule has 6 rings (SSSR count). The molecule has 0 saturated carbocycles. The first-order valence-corrected chi connectivity index (χ1v) is 17.9. The number of carbonyl (C=O) groups is 3. The van der Waals surface area contributed by atoms with Crippen LogP contribution in [0, 0.1) is 11.3 Å². The van der Waals surface area contributed by atoms with Gasteiger partial charge in [0.15, 0.2) is 0 Å². The van der Waals surface area contributed by atoms with E-state index >= 15 is 0 Å². The van der Waals surface area contributed by atoms with Gasteiger partial charge >= 0.3 is 0 Å². The van der Waals surface area contributed by atoms with Gasteiger partial charge < -0.3 is 16.0 Å². The number of halogens is 1. The molecule has 0 fully saturated rings. The van der Waals surface area contributed by atoms with Crippen LogP contribution in [-0.4, -0.2) is 17.7 Å². The van der Waals surface area contributed by atoms with Gasteiger partial charge in [-0.05, 0) is 59.2 Å². The summed E-state index contributed by atoms with van der Waals surface area (Å²) in [7, 11) is 0. The van der Waals surface area contributed by atoms with Crippen molar-refractivity contribution in [3.8, 4) is 17.2 Å². The van der Waals surface area contributed by atoms with Gasteiger partial charge in [-0.25, -0.2) is 0 Å². The van der Waals surface area contributed by atoms with Crippen molar-refractivity contribution < 1.29 is 14.4 Å². The highest BCUT2D eigenvalue weighted by Gasteiger charge is 2.25. The van der Waals surface area contributed by atoms with Gasteiger partial charge in [-0.2, -0.15) is 5.26 Å². The quantitative estimate of drug-likeness (QED) is 0.0910. The standard InChI is InChI=1S/C41H29ClN4O3S2/c42-35-22-11-10-19-30(35)23-36(45-38(47)29-17-8-3-9-18-29)39(48)44-31-20-12-21-32(24-31)51-37(28-15-6-2-7-16-28)40(49)46-41-33(25-43)34(26-50-41)27-13-4-1-5-14-27/h1-24,26,37H,(H,44,48)(H,45,47)(H,46,49)/b36-23+. The summed E-state index contributed by atoms with van der Waals surface area (Å²) in [6.45, 7) is 0. The van der Waals surface area contributed by atoms with E-state index in [4.69, 9.17) is 11.6 Å². The first kappa shape index (κ1) is 34.9. The minimum absolute atomic E-state index is 0.00401. The van der Waals surface area contributed by atoms with Crippen molar-refractivity contribution in [2.75, 3.05) is 10.6 Å². The monoisotopic (exact) mass is 724 g/mol. The number of thiophene rings is 1. The molecule has 0 aliphatic carbocycles. The summed E-state index contributed by atoms with van der Waals surface area (Å²) in [5, 5.41) is 20.7. The van der Waals surface area contributed by atoms with Crippen LogP contribution >= 0.6 is 34.7 Å². The average Bonchev–Trinajstić information content (AvgIpc) is 3.57. The van der Waals surface area contributed by atoms with Gasteiger partial charge in [0.1, 0.15) is 22.0 Å². The summed E-state index contributed by atoms with van der Waals surface area (Å²) in [6, 6.07) is 43.9. The summed E-state index contributed by atoms with van der Waals surface area (Å²) < 4.78 is 0. The third kappa shape index (κ3) is 8.82. The highest BCUT2D eigenvalue weighted by molar-refractivity contribution is 8.00. The summed E-state index contributed by atoms with van der Waals surface area (Å²) in [6.07, 6.45) is 1.52. The number of hydrogen-bond acceptors (Lipinski definition) is 6. The second kappa shape index (κ2) is 16.7. The fourth-order valence-electron chi connectivity index (χ4n) is 5.14. The van der Waals surface area contributed by atoms with Crippen LogP contribution in [0.25, 0.3) is 17.2 Å². The molecule has 0 bridgehead atoms. The van der Waals surface area contributed by atoms with Crippen LogP contribution in [0.15, 0.2) is 155 Å². The van der Waals surface area contributed by atoms with E-state index < -0.39 is 17.1 Å². The molecule has 51 heavy (non-hydrogen) atoms. The smallest absolute Gasteiger partial charge is 0.272 e. The number of benzene rings is 5. The van der Waals surface area contributed by atoms with E-state index in [1.807, 2.05) is 72.1 Å². The van der Waals surface area contributed by atoms with Gasteiger partial charge in [0.05, 0.1) is 5.56 Å². The van der Waals surface area contributed by atoms with Crippen molar-refractivity contribution in [1.29, 1.82) is 5.26 Å². The van der Waals surface area contributed by atoms with Crippen molar-refractivity contribution in [2.45, 2.75) is 10.1 Å². The van der Waals surface area contributed by atoms with Crippen molar-refractivity contribution in [1.82, 2.24) is 5.32 Å². The molecule has 0 spiro atoms. The first-order chi connectivity index (χ1) is 24.9. The molecule has 0 aliphatic heterocycles. The Labute approximate surface area is 308 Å². The summed E-state index contributed by atoms with van der Waals surface area (Å²) >= 11 is 9.00. The number of carbonyl (C=O) groups excluding carboxylic acids is 3. The number of amides is 3. The van der Waals surface area contributed by atoms with Crippen LogP contribution in [-0.2, 0) is 9.59 Å². The first-order valence-electron chi connectivity index (χ1n) is 15.7. The van der Waals surface area contributed by atoms with Crippen LogP contribution < -0.4 is 16.0 Å². The highest BCUT2D eigenvalue weighted by Crippen LogP contribution is 2.40. The summed E-state index contributed by atoms with van der Waals surface area (Å²) in [5.74, 6) is -1.31. The molecule has 10 heteroatoms. The summed E-state index contributed by atoms with van der Waals surface area (Å²) in [5.41, 5.74) is 4.21. The Morgan fingerprint density at radius 2 is 1.45 bits per heavy atom. The second-order valence-electron chi connectivity index (χ2n) is 11.1. The molecule has 6 aromatic rings. The largest absolute Gasteiger partial charge is 0.321 e. The maximum atomic E-state index is 13.9. The number of nitrogens with zero attached hydrogens (tertiary/aromatic N) is 1. The number of rotatable bonds is 11. The molecule has 250 valence electrons. The molecule has 1 unspecified atom stereocenters. The lowest BCUT2D eigenvalue weighted by molar-refractivity contribution is -0.116. The van der Waals surface area contributed by atoms with Gasteiger partial charge in [0, 0.05) is 32.1 Å². The van der Waals surface area contributed by atoms with E-state index in [1.165, 1.54) is 29.2 Å². The Bertz CT molecular complexity index is 2250. The SMILES string of the molecule is N#Cc1c(-c2ccccc2)csc1NC(=O)C(Sc1cccc(NC(=O)/C(=C\c2ccccc2Cl)NC(=O)c2ccccc2)c1)c1ccccc1. The molecular formula is C41H29ClN4O3S2. The van der Waals surface area contributed by atoms with E-state index in [1.54, 1.807) is 72.8 Å². The lowest BCUT2D eigenvalue weighted by atomic mass is 10.1. The predicted molar refractivity (Wildman–Crippen MR) is 207 cm³/mol. The minimum Gasteiger partial charge on any atom is -0.321 e. The molecule has 1 heterocycles. The zero-order valence-electron chi connectivity index (χ0n) is 26.9. The van der Waals surface area contributed by atoms with Gasteiger partial charge in [0.2, 0.25) is 5.91 Å². The third-order valence-corrected chi connectivity index (χ3v) is 10.1. The van der Waals surface area contributed by atoms with Crippen molar-refractivity contribution in [3.05, 3.63) is 178 Å². The maximum absolute atomic E-state index is 13.9. The van der Waals surface area contributed by atoms with Crippen molar-refractivity contribution in [3.63, 3.8) is 0 Å². The molecule has 0 saturated heterocycles. The van der Waals surface area contributed by atoms with Gasteiger partial charge in [-0.3, -0.25) is 14.4 Å². The molecule has 3 N–H and O–H groups in total. The zero-order chi connectivity index (χ0) is 35.6. The Morgan fingerprint density at radius 1 is 0.784 bits per heavy atom. The van der Waals surface area contributed by atoms with E-state index in [9.17, 15) is 19.6 Å². The Hall–Kier alpha value is -5.92. The third-order valence-electron chi connectivity index (χ3n) is 7.64. The maximum Gasteiger partial charge on any atom is 0.272 e. The van der Waals surface area contributed by atoms with Crippen molar-refractivity contribution in [2.24, 2.45) is 0 Å². The summed E-state index contributed by atoms with van der Waals surface area (Å²) in [4.78, 5) is 41.4. The van der Waals surface area contributed by atoms with Crippen LogP contribution in [0.2, 0.25) is 5.02 Å². The molecule has 7 nitrogen and oxygen atoms in total. The van der Waals surface area contributed by atoms with Crippen LogP contribution in [0.1, 0.15) is 32.3 Å². The van der Waals surface area contributed by atoms with E-state index in [-0.39, 0.29) is 11.6 Å². The fraction of sp³-hybridized carbons (Fsp3) is 0.0244. The van der Waals surface area contributed by atoms with Gasteiger partial charge in [-0.15, -0.1) is 23.1 Å². The molecule has 1 aromatic heterocycles. The van der Waals surface area contributed by atoms with Gasteiger partial charge in [-0.1, -0.05) is 115 Å². The number of hydrogen-bond donors (Lipinski definition) is 3. The molecular weight excluding hydrogens is 696 g/mol. The Balaban J connectivity index is 1.24. The Morgan fingerprint density at radius 3 is 2.16 bits per heavy atom. The normalized spacial score (nSPS) is 11.6. The number of anilines is 2. The zero-order valence-corrected chi connectivity index (χ0v) is 29.3. The Kier molecular flexibility index (Phi) is 11.4. The van der Waals surface area contributed by atoms with Crippen LogP contribution in [0.5, 0.6) is 0 Å². The van der Waals surface area contributed by atoms with Crippen LogP contribution in [0.3, 0.4) is 0 Å². The van der Waals surface area contributed by atoms with E-state index in [0.29, 0.717) is 37.3 Å². The molecule has 3 amide bonds. The number of nitriles is 1. The van der Waals surface area contributed by atoms with E-state index in [2.05, 4.69) is 22.0 Å². The highest BCUT2D eigenvalue weighted by atomic mass is 35.5. The molecule has 0 aliphatic rings. The van der Waals surface area contributed by atoms with Crippen LogP contribution in [0.4, 0.5) is 10.7 Å². The average molecular weight is 725 g/mol. The van der Waals surface area contributed by atoms with Crippen molar-refractivity contribution >= 4 is 69.2 Å². The van der Waals surface area contributed by atoms with Gasteiger partial charge in [0.25, 0.3) is 11.8 Å². The number of nitrogens with one attached hydrogen (secondary N) is 3.